The lowest BCUT2D eigenvalue weighted by atomic mass is 9.46. The molecule has 2 N–H and O–H groups in total. The zero-order valence-electron chi connectivity index (χ0n) is 19.6. The Balaban J connectivity index is 1.59. The fourth-order valence-corrected chi connectivity index (χ4v) is 7.76. The Morgan fingerprint density at radius 3 is 2.47 bits per heavy atom. The van der Waals surface area contributed by atoms with Gasteiger partial charge in [0.2, 0.25) is 5.78 Å². The van der Waals surface area contributed by atoms with Gasteiger partial charge in [-0.3, -0.25) is 14.4 Å². The van der Waals surface area contributed by atoms with Crippen molar-refractivity contribution in [2.24, 2.45) is 28.6 Å². The van der Waals surface area contributed by atoms with E-state index in [0.29, 0.717) is 18.8 Å². The summed E-state index contributed by atoms with van der Waals surface area (Å²) in [5.41, 5.74) is -1.30. The molecule has 178 valence electrons. The lowest BCUT2D eigenvalue weighted by Gasteiger charge is -2.58. The average Bonchev–Trinajstić information content (AvgIpc) is 2.93. The molecule has 3 saturated carbocycles. The van der Waals surface area contributed by atoms with Crippen LogP contribution in [0.4, 0.5) is 0 Å². The molecule has 4 unspecified atom stereocenters. The molecule has 0 aromatic carbocycles. The van der Waals surface area contributed by atoms with Crippen molar-refractivity contribution in [3.8, 4) is 0 Å². The van der Waals surface area contributed by atoms with Crippen molar-refractivity contribution in [1.29, 1.82) is 0 Å². The maximum atomic E-state index is 13.0. The Labute approximate surface area is 189 Å². The lowest BCUT2D eigenvalue weighted by molar-refractivity contribution is -0.181. The van der Waals surface area contributed by atoms with Crippen molar-refractivity contribution < 1.29 is 34.1 Å². The molecule has 4 aliphatic carbocycles. The van der Waals surface area contributed by atoms with Crippen LogP contribution in [0.5, 0.6) is 0 Å². The van der Waals surface area contributed by atoms with Gasteiger partial charge in [-0.2, -0.15) is 0 Å². The number of fused-ring (bicyclic) bond motifs is 5. The van der Waals surface area contributed by atoms with Crippen LogP contribution in [-0.2, 0) is 23.9 Å². The Hall–Kier alpha value is -1.73. The first-order chi connectivity index (χ1) is 14.9. The van der Waals surface area contributed by atoms with E-state index in [0.717, 1.165) is 32.1 Å². The largest absolute Gasteiger partial charge is 0.462 e. The molecule has 0 aliphatic heterocycles. The minimum absolute atomic E-state index is 0.00310. The molecule has 32 heavy (non-hydrogen) atoms. The summed E-state index contributed by atoms with van der Waals surface area (Å²) in [7, 11) is 0. The van der Waals surface area contributed by atoms with E-state index >= 15 is 0 Å². The van der Waals surface area contributed by atoms with Gasteiger partial charge >= 0.3 is 11.9 Å². The van der Waals surface area contributed by atoms with Gasteiger partial charge in [0.15, 0.2) is 12.2 Å². The highest BCUT2D eigenvalue weighted by atomic mass is 16.5. The molecule has 4 aliphatic rings. The van der Waals surface area contributed by atoms with Crippen LogP contribution in [0, 0.1) is 28.6 Å². The highest BCUT2D eigenvalue weighted by Gasteiger charge is 2.69. The van der Waals surface area contributed by atoms with Crippen LogP contribution in [-0.4, -0.2) is 52.4 Å². The second kappa shape index (κ2) is 7.94. The van der Waals surface area contributed by atoms with Crippen LogP contribution in [0.3, 0.4) is 0 Å². The summed E-state index contributed by atoms with van der Waals surface area (Å²) < 4.78 is 10.4. The van der Waals surface area contributed by atoms with Crippen molar-refractivity contribution >= 4 is 17.7 Å². The molecular weight excluding hydrogens is 412 g/mol. The lowest BCUT2D eigenvalue weighted by Crippen LogP contribution is -2.61. The highest BCUT2D eigenvalue weighted by molar-refractivity contribution is 5.91. The summed E-state index contributed by atoms with van der Waals surface area (Å²) in [6.07, 6.45) is 6.31. The number of esters is 2. The zero-order chi connectivity index (χ0) is 23.5. The molecule has 0 saturated heterocycles. The standard InChI is InChI=1S/C25H36O7/c1-14(26)31-13-22(29)25(30)21(28)12-20-18-6-5-16-11-17(32-15(2)27)7-9-23(16,3)19(18)8-10-24(20,25)4/h5,17-21,28,30H,6-13H2,1-4H3/t17?,18?,19?,20?,21-,23+,24+,25+/m1/s1. The molecular formula is C25H36O7. The van der Waals surface area contributed by atoms with Crippen molar-refractivity contribution in [2.45, 2.75) is 90.4 Å². The normalized spacial score (nSPS) is 45.1. The summed E-state index contributed by atoms with van der Waals surface area (Å²) in [6.45, 7) is 6.40. The molecule has 4 rings (SSSR count). The van der Waals surface area contributed by atoms with Crippen molar-refractivity contribution in [2.75, 3.05) is 6.61 Å². The van der Waals surface area contributed by atoms with Crippen LogP contribution in [0.25, 0.3) is 0 Å². The summed E-state index contributed by atoms with van der Waals surface area (Å²) in [5.74, 6) is -0.761. The van der Waals surface area contributed by atoms with Gasteiger partial charge in [0.05, 0.1) is 6.10 Å². The van der Waals surface area contributed by atoms with Crippen LogP contribution in [0.15, 0.2) is 11.6 Å². The van der Waals surface area contributed by atoms with Crippen molar-refractivity contribution in [1.82, 2.24) is 0 Å². The first-order valence-electron chi connectivity index (χ1n) is 11.9. The molecule has 3 fully saturated rings. The summed E-state index contributed by atoms with van der Waals surface area (Å²) in [6, 6.07) is 0. The van der Waals surface area contributed by atoms with E-state index in [-0.39, 0.29) is 29.3 Å². The summed E-state index contributed by atoms with van der Waals surface area (Å²) in [4.78, 5) is 35.6. The van der Waals surface area contributed by atoms with Crippen LogP contribution in [0.1, 0.15) is 72.6 Å². The molecule has 0 aromatic rings. The smallest absolute Gasteiger partial charge is 0.303 e. The number of allylic oxidation sites excluding steroid dienone is 1. The molecule has 0 aromatic heterocycles. The topological polar surface area (TPSA) is 110 Å². The number of hydrogen-bond acceptors (Lipinski definition) is 7. The molecule has 0 heterocycles. The summed E-state index contributed by atoms with van der Waals surface area (Å²) >= 11 is 0. The molecule has 0 radical (unpaired) electrons. The maximum absolute atomic E-state index is 13.0. The Kier molecular flexibility index (Phi) is 5.82. The number of aliphatic hydroxyl groups is 2. The van der Waals surface area contributed by atoms with Gasteiger partial charge in [0, 0.05) is 25.7 Å². The third kappa shape index (κ3) is 3.35. The molecule has 0 bridgehead atoms. The molecule has 7 heteroatoms. The van der Waals surface area contributed by atoms with E-state index in [2.05, 4.69) is 13.0 Å². The van der Waals surface area contributed by atoms with Crippen molar-refractivity contribution in [3.05, 3.63) is 11.6 Å². The fraction of sp³-hybridized carbons (Fsp3) is 0.800. The van der Waals surface area contributed by atoms with E-state index in [9.17, 15) is 24.6 Å². The quantitative estimate of drug-likeness (QED) is 0.503. The molecule has 0 amide bonds. The van der Waals surface area contributed by atoms with Crippen LogP contribution >= 0.6 is 0 Å². The predicted molar refractivity (Wildman–Crippen MR) is 115 cm³/mol. The van der Waals surface area contributed by atoms with Gasteiger partial charge in [-0.1, -0.05) is 25.5 Å². The van der Waals surface area contributed by atoms with Gasteiger partial charge < -0.3 is 19.7 Å². The Morgan fingerprint density at radius 2 is 1.81 bits per heavy atom. The second-order valence-electron chi connectivity index (χ2n) is 10.9. The predicted octanol–water partition coefficient (Wildman–Crippen LogP) is 2.71. The van der Waals surface area contributed by atoms with Gasteiger partial charge in [-0.05, 0) is 61.7 Å². The van der Waals surface area contributed by atoms with Gasteiger partial charge in [0.25, 0.3) is 0 Å². The number of carbonyl (C=O) groups is 3. The minimum Gasteiger partial charge on any atom is -0.462 e. The fourth-order valence-electron chi connectivity index (χ4n) is 7.76. The second-order valence-corrected chi connectivity index (χ2v) is 10.9. The van der Waals surface area contributed by atoms with E-state index in [1.807, 2.05) is 6.92 Å². The van der Waals surface area contributed by atoms with E-state index < -0.39 is 35.5 Å². The SMILES string of the molecule is CC(=O)OCC(=O)[C@@]1(O)[C@H](O)CC2C3CC=C4CC(OC(C)=O)CC[C@]4(C)C3CC[C@@]21C. The molecule has 8 atom stereocenters. The number of ether oxygens (including phenoxy) is 2. The maximum Gasteiger partial charge on any atom is 0.303 e. The first-order valence-corrected chi connectivity index (χ1v) is 11.9. The van der Waals surface area contributed by atoms with Crippen LogP contribution < -0.4 is 0 Å². The Bertz CT molecular complexity index is 849. The number of carbonyl (C=O) groups excluding carboxylic acids is 3. The average molecular weight is 449 g/mol. The van der Waals surface area contributed by atoms with Crippen LogP contribution in [0.2, 0.25) is 0 Å². The third-order valence-electron chi connectivity index (χ3n) is 9.44. The molecule has 0 spiro atoms. The highest BCUT2D eigenvalue weighted by Crippen LogP contribution is 2.67. The van der Waals surface area contributed by atoms with Gasteiger partial charge in [-0.25, -0.2) is 0 Å². The van der Waals surface area contributed by atoms with E-state index in [1.165, 1.54) is 19.4 Å². The number of Topliss-reactive ketones (excluding diaryl/α,β-unsaturated/α-hetero) is 1. The number of aliphatic hydroxyl groups excluding tert-OH is 1. The number of rotatable bonds is 4. The van der Waals surface area contributed by atoms with Gasteiger partial charge in [-0.15, -0.1) is 0 Å². The third-order valence-corrected chi connectivity index (χ3v) is 9.44. The zero-order valence-corrected chi connectivity index (χ0v) is 19.6. The van der Waals surface area contributed by atoms with E-state index in [1.54, 1.807) is 0 Å². The number of ketones is 1. The van der Waals surface area contributed by atoms with Crippen molar-refractivity contribution in [3.63, 3.8) is 0 Å². The summed E-state index contributed by atoms with van der Waals surface area (Å²) in [5, 5.41) is 22.5. The number of hydrogen-bond donors (Lipinski definition) is 2. The first kappa shape index (κ1) is 23.4. The monoisotopic (exact) mass is 448 g/mol. The van der Waals surface area contributed by atoms with Gasteiger partial charge in [0.1, 0.15) is 6.10 Å². The Morgan fingerprint density at radius 1 is 1.09 bits per heavy atom. The molecule has 7 nitrogen and oxygen atoms in total. The minimum atomic E-state index is -1.91. The van der Waals surface area contributed by atoms with E-state index in [4.69, 9.17) is 9.47 Å².